The van der Waals surface area contributed by atoms with Gasteiger partial charge in [0.15, 0.2) is 0 Å². The molecule has 1 saturated heterocycles. The quantitative estimate of drug-likeness (QED) is 0.770. The number of benzene rings is 1. The number of rotatable bonds is 4. The Morgan fingerprint density at radius 1 is 1.06 bits per heavy atom. The zero-order valence-electron chi connectivity index (χ0n) is 9.82. The van der Waals surface area contributed by atoms with Gasteiger partial charge in [0.2, 0.25) is 0 Å². The third-order valence-electron chi connectivity index (χ3n) is 3.05. The van der Waals surface area contributed by atoms with Crippen LogP contribution in [0.3, 0.4) is 0 Å². The smallest absolute Gasteiger partial charge is 0.119 e. The number of hydrogen-bond donors (Lipinski definition) is 0. The lowest BCUT2D eigenvalue weighted by atomic mass is 10.1. The maximum absolute atomic E-state index is 5.69. The first-order valence-electron chi connectivity index (χ1n) is 6.12. The fourth-order valence-electron chi connectivity index (χ4n) is 2.06. The van der Waals surface area contributed by atoms with Crippen molar-refractivity contribution < 1.29 is 4.74 Å². The Labute approximate surface area is 98.2 Å². The second kappa shape index (κ2) is 5.90. The molecule has 1 heterocycles. The summed E-state index contributed by atoms with van der Waals surface area (Å²) in [5, 5.41) is 0. The lowest BCUT2D eigenvalue weighted by Crippen LogP contribution is -2.33. The average molecular weight is 218 g/mol. The predicted molar refractivity (Wildman–Crippen MR) is 66.7 cm³/mol. The summed E-state index contributed by atoms with van der Waals surface area (Å²) < 4.78 is 5.69. The van der Waals surface area contributed by atoms with E-state index in [1.807, 2.05) is 24.3 Å². The molecule has 0 saturated carbocycles. The molecule has 0 amide bonds. The number of piperidine rings is 1. The monoisotopic (exact) mass is 218 g/mol. The van der Waals surface area contributed by atoms with Crippen LogP contribution in [-0.2, 0) is 0 Å². The molecule has 2 heteroatoms. The van der Waals surface area contributed by atoms with Crippen molar-refractivity contribution in [2.75, 3.05) is 26.2 Å². The predicted octanol–water partition coefficient (Wildman–Crippen LogP) is 2.73. The van der Waals surface area contributed by atoms with Crippen LogP contribution in [0.1, 0.15) is 24.8 Å². The minimum absolute atomic E-state index is 0.788. The molecular formula is C14H20NO. The second-order valence-electron chi connectivity index (χ2n) is 4.39. The first kappa shape index (κ1) is 11.5. The summed E-state index contributed by atoms with van der Waals surface area (Å²) >= 11 is 0. The van der Waals surface area contributed by atoms with E-state index >= 15 is 0 Å². The molecule has 1 radical (unpaired) electrons. The van der Waals surface area contributed by atoms with Crippen molar-refractivity contribution in [3.63, 3.8) is 0 Å². The van der Waals surface area contributed by atoms with E-state index in [0.29, 0.717) is 0 Å². The molecule has 1 aromatic rings. The Kier molecular flexibility index (Phi) is 4.23. The van der Waals surface area contributed by atoms with Crippen LogP contribution in [0.15, 0.2) is 24.3 Å². The van der Waals surface area contributed by atoms with Crippen LogP contribution in [0.25, 0.3) is 0 Å². The molecule has 0 atom stereocenters. The van der Waals surface area contributed by atoms with Crippen LogP contribution in [0.2, 0.25) is 0 Å². The molecule has 2 nitrogen and oxygen atoms in total. The lowest BCUT2D eigenvalue weighted by molar-refractivity contribution is 0.183. The highest BCUT2D eigenvalue weighted by Gasteiger charge is 2.09. The molecule has 16 heavy (non-hydrogen) atoms. The molecule has 87 valence electrons. The highest BCUT2D eigenvalue weighted by Crippen LogP contribution is 2.12. The van der Waals surface area contributed by atoms with E-state index in [2.05, 4.69) is 11.8 Å². The Bertz CT molecular complexity index is 301. The topological polar surface area (TPSA) is 12.5 Å². The largest absolute Gasteiger partial charge is 0.492 e. The minimum Gasteiger partial charge on any atom is -0.492 e. The van der Waals surface area contributed by atoms with Crippen molar-refractivity contribution in [3.8, 4) is 5.75 Å². The van der Waals surface area contributed by atoms with Crippen LogP contribution in [0.4, 0.5) is 0 Å². The molecule has 1 aliphatic heterocycles. The van der Waals surface area contributed by atoms with Gasteiger partial charge in [0.05, 0.1) is 0 Å². The van der Waals surface area contributed by atoms with Crippen molar-refractivity contribution in [1.82, 2.24) is 4.90 Å². The van der Waals surface area contributed by atoms with Gasteiger partial charge in [0.1, 0.15) is 12.4 Å². The van der Waals surface area contributed by atoms with Crippen molar-refractivity contribution in [3.05, 3.63) is 36.8 Å². The summed E-state index contributed by atoms with van der Waals surface area (Å²) in [6.45, 7) is 8.16. The van der Waals surface area contributed by atoms with Gasteiger partial charge in [-0.2, -0.15) is 0 Å². The van der Waals surface area contributed by atoms with Crippen LogP contribution >= 0.6 is 0 Å². The molecule has 0 spiro atoms. The molecular weight excluding hydrogens is 198 g/mol. The molecule has 0 aliphatic carbocycles. The van der Waals surface area contributed by atoms with Gasteiger partial charge in [-0.05, 0) is 50.6 Å². The fraction of sp³-hybridized carbons (Fsp3) is 0.500. The van der Waals surface area contributed by atoms with Crippen molar-refractivity contribution in [1.29, 1.82) is 0 Å². The SMILES string of the molecule is [CH2]c1ccc(OCCN2CCCCC2)cc1. The summed E-state index contributed by atoms with van der Waals surface area (Å²) in [6.07, 6.45) is 4.08. The van der Waals surface area contributed by atoms with Crippen LogP contribution in [0.5, 0.6) is 5.75 Å². The fourth-order valence-corrected chi connectivity index (χ4v) is 2.06. The Morgan fingerprint density at radius 2 is 1.75 bits per heavy atom. The number of nitrogens with zero attached hydrogens (tertiary/aromatic N) is 1. The molecule has 1 aromatic carbocycles. The van der Waals surface area contributed by atoms with Gasteiger partial charge in [0.25, 0.3) is 0 Å². The average Bonchev–Trinajstić information content (AvgIpc) is 2.33. The molecule has 0 unspecified atom stereocenters. The summed E-state index contributed by atoms with van der Waals surface area (Å²) in [5.74, 6) is 0.949. The standard InChI is InChI=1S/C14H20NO/c1-13-5-7-14(8-6-13)16-12-11-15-9-3-2-4-10-15/h5-8H,1-4,9-12H2. The van der Waals surface area contributed by atoms with E-state index in [4.69, 9.17) is 4.74 Å². The molecule has 1 fully saturated rings. The zero-order valence-corrected chi connectivity index (χ0v) is 9.82. The van der Waals surface area contributed by atoms with Crippen molar-refractivity contribution >= 4 is 0 Å². The Morgan fingerprint density at radius 3 is 2.44 bits per heavy atom. The highest BCUT2D eigenvalue weighted by molar-refractivity contribution is 5.28. The van der Waals surface area contributed by atoms with Gasteiger partial charge >= 0.3 is 0 Å². The summed E-state index contributed by atoms with van der Waals surface area (Å²) in [4.78, 5) is 2.49. The highest BCUT2D eigenvalue weighted by atomic mass is 16.5. The summed E-state index contributed by atoms with van der Waals surface area (Å²) in [5.41, 5.74) is 1.03. The van der Waals surface area contributed by atoms with Gasteiger partial charge in [0, 0.05) is 6.54 Å². The Balaban J connectivity index is 1.69. The third kappa shape index (κ3) is 3.53. The van der Waals surface area contributed by atoms with Crippen molar-refractivity contribution in [2.45, 2.75) is 19.3 Å². The van der Waals surface area contributed by atoms with Gasteiger partial charge in [-0.3, -0.25) is 4.90 Å². The first-order valence-corrected chi connectivity index (χ1v) is 6.12. The summed E-state index contributed by atoms with van der Waals surface area (Å²) in [7, 11) is 0. The van der Waals surface area contributed by atoms with E-state index < -0.39 is 0 Å². The van der Waals surface area contributed by atoms with Crippen LogP contribution < -0.4 is 4.74 Å². The van der Waals surface area contributed by atoms with Crippen molar-refractivity contribution in [2.24, 2.45) is 0 Å². The number of hydrogen-bond acceptors (Lipinski definition) is 2. The van der Waals surface area contributed by atoms with Crippen LogP contribution in [-0.4, -0.2) is 31.1 Å². The maximum Gasteiger partial charge on any atom is 0.119 e. The van der Waals surface area contributed by atoms with Gasteiger partial charge in [-0.15, -0.1) is 0 Å². The van der Waals surface area contributed by atoms with E-state index in [0.717, 1.165) is 24.5 Å². The molecule has 2 rings (SSSR count). The second-order valence-corrected chi connectivity index (χ2v) is 4.39. The molecule has 0 bridgehead atoms. The van der Waals surface area contributed by atoms with Gasteiger partial charge in [-0.25, -0.2) is 0 Å². The third-order valence-corrected chi connectivity index (χ3v) is 3.05. The van der Waals surface area contributed by atoms with E-state index in [1.165, 1.54) is 32.4 Å². The van der Waals surface area contributed by atoms with E-state index in [1.54, 1.807) is 0 Å². The number of ether oxygens (including phenoxy) is 1. The summed E-state index contributed by atoms with van der Waals surface area (Å²) in [6, 6.07) is 7.93. The van der Waals surface area contributed by atoms with Gasteiger partial charge in [-0.1, -0.05) is 18.6 Å². The minimum atomic E-state index is 0.788. The van der Waals surface area contributed by atoms with E-state index in [-0.39, 0.29) is 0 Å². The van der Waals surface area contributed by atoms with E-state index in [9.17, 15) is 0 Å². The molecule has 1 aliphatic rings. The normalized spacial score (nSPS) is 17.3. The lowest BCUT2D eigenvalue weighted by Gasteiger charge is -2.26. The maximum atomic E-state index is 5.69. The first-order chi connectivity index (χ1) is 7.84. The van der Waals surface area contributed by atoms with Gasteiger partial charge < -0.3 is 4.74 Å². The zero-order chi connectivity index (χ0) is 11.2. The Hall–Kier alpha value is -1.02. The number of likely N-dealkylation sites (tertiary alicyclic amines) is 1. The van der Waals surface area contributed by atoms with Crippen LogP contribution in [0, 0.1) is 6.92 Å². The molecule has 0 aromatic heterocycles. The molecule has 0 N–H and O–H groups in total.